The van der Waals surface area contributed by atoms with Gasteiger partial charge in [-0.2, -0.15) is 0 Å². The highest BCUT2D eigenvalue weighted by molar-refractivity contribution is 5.47. The molecule has 0 aromatic carbocycles. The summed E-state index contributed by atoms with van der Waals surface area (Å²) in [5, 5.41) is 3.43. The minimum Gasteiger partial charge on any atom is -0.398 e. The summed E-state index contributed by atoms with van der Waals surface area (Å²) in [7, 11) is 2.01. The third-order valence-corrected chi connectivity index (χ3v) is 4.24. The molecule has 3 N–H and O–H groups in total. The van der Waals surface area contributed by atoms with Gasteiger partial charge in [-0.3, -0.25) is 14.8 Å². The highest BCUT2D eigenvalue weighted by Crippen LogP contribution is 2.29. The number of nitrogens with one attached hydrogen (secondary N) is 1. The molecule has 0 amide bonds. The highest BCUT2D eigenvalue weighted by atomic mass is 15.4. The Morgan fingerprint density at radius 1 is 1.39 bits per heavy atom. The molecule has 1 aromatic rings. The van der Waals surface area contributed by atoms with Gasteiger partial charge in [0.15, 0.2) is 0 Å². The number of hydrogen-bond donors (Lipinski definition) is 2. The van der Waals surface area contributed by atoms with E-state index in [1.165, 1.54) is 26.2 Å². The predicted octanol–water partition coefficient (Wildman–Crippen LogP) is -0.0759. The zero-order valence-electron chi connectivity index (χ0n) is 10.8. The first-order valence-electron chi connectivity index (χ1n) is 6.62. The molecule has 3 fully saturated rings. The summed E-state index contributed by atoms with van der Waals surface area (Å²) < 4.78 is 0. The van der Waals surface area contributed by atoms with E-state index in [0.717, 1.165) is 17.8 Å². The molecule has 1 aromatic heterocycles. The van der Waals surface area contributed by atoms with Crippen molar-refractivity contribution in [1.82, 2.24) is 20.1 Å². The molecule has 2 atom stereocenters. The van der Waals surface area contributed by atoms with E-state index in [0.29, 0.717) is 6.04 Å². The fourth-order valence-corrected chi connectivity index (χ4v) is 3.21. The van der Waals surface area contributed by atoms with Crippen molar-refractivity contribution in [3.8, 4) is 0 Å². The summed E-state index contributed by atoms with van der Waals surface area (Å²) in [5.41, 5.74) is 8.05. The van der Waals surface area contributed by atoms with E-state index in [4.69, 9.17) is 5.73 Å². The molecule has 3 saturated heterocycles. The Morgan fingerprint density at radius 3 is 2.72 bits per heavy atom. The van der Waals surface area contributed by atoms with Gasteiger partial charge in [0.05, 0.1) is 6.04 Å². The van der Waals surface area contributed by atoms with Crippen molar-refractivity contribution in [3.05, 3.63) is 24.0 Å². The zero-order chi connectivity index (χ0) is 12.5. The molecule has 0 aliphatic carbocycles. The van der Waals surface area contributed by atoms with Crippen LogP contribution in [0.2, 0.25) is 0 Å². The van der Waals surface area contributed by atoms with Crippen molar-refractivity contribution in [1.29, 1.82) is 0 Å². The average molecular weight is 247 g/mol. The van der Waals surface area contributed by atoms with E-state index in [9.17, 15) is 0 Å². The molecule has 3 aliphatic heterocycles. The molecule has 4 rings (SSSR count). The predicted molar refractivity (Wildman–Crippen MR) is 72.3 cm³/mol. The summed E-state index contributed by atoms with van der Waals surface area (Å²) in [5.74, 6) is 0. The Hall–Kier alpha value is -1.17. The van der Waals surface area contributed by atoms with Crippen molar-refractivity contribution < 1.29 is 0 Å². The lowest BCUT2D eigenvalue weighted by Crippen LogP contribution is -2.63. The lowest BCUT2D eigenvalue weighted by atomic mass is 9.94. The second-order valence-electron chi connectivity index (χ2n) is 5.17. The molecule has 0 spiro atoms. The standard InChI is InChI=1S/C13H21N5/c1-15-13(10-8-16-3-2-11(10)14)12-9-17-4-6-18(12)7-5-17/h2-3,8,12-13,15H,4-7,9H2,1H3,(H2,14,16). The van der Waals surface area contributed by atoms with E-state index >= 15 is 0 Å². The molecular formula is C13H21N5. The first-order valence-corrected chi connectivity index (χ1v) is 6.62. The van der Waals surface area contributed by atoms with Crippen LogP contribution in [-0.2, 0) is 0 Å². The Balaban J connectivity index is 1.87. The number of hydrogen-bond acceptors (Lipinski definition) is 5. The van der Waals surface area contributed by atoms with E-state index in [1.807, 2.05) is 19.3 Å². The molecular weight excluding hydrogens is 226 g/mol. The van der Waals surface area contributed by atoms with Gasteiger partial charge in [0, 0.05) is 62.4 Å². The van der Waals surface area contributed by atoms with Crippen LogP contribution in [0, 0.1) is 0 Å². The Kier molecular flexibility index (Phi) is 3.20. The summed E-state index contributed by atoms with van der Waals surface area (Å²) in [6, 6.07) is 2.65. The van der Waals surface area contributed by atoms with Gasteiger partial charge >= 0.3 is 0 Å². The number of aromatic nitrogens is 1. The molecule has 2 bridgehead atoms. The van der Waals surface area contributed by atoms with Crippen molar-refractivity contribution in [2.24, 2.45) is 0 Å². The molecule has 0 radical (unpaired) electrons. The van der Waals surface area contributed by atoms with E-state index in [2.05, 4.69) is 20.1 Å². The third kappa shape index (κ3) is 1.98. The summed E-state index contributed by atoms with van der Waals surface area (Å²) in [6.07, 6.45) is 3.65. The van der Waals surface area contributed by atoms with Crippen LogP contribution in [0.3, 0.4) is 0 Å². The van der Waals surface area contributed by atoms with Crippen LogP contribution in [0.4, 0.5) is 5.69 Å². The number of nitrogen functional groups attached to an aromatic ring is 1. The number of rotatable bonds is 3. The molecule has 5 heteroatoms. The van der Waals surface area contributed by atoms with E-state index < -0.39 is 0 Å². The molecule has 5 nitrogen and oxygen atoms in total. The fraction of sp³-hybridized carbons (Fsp3) is 0.615. The van der Waals surface area contributed by atoms with Crippen LogP contribution in [0.1, 0.15) is 11.6 Å². The third-order valence-electron chi connectivity index (χ3n) is 4.24. The van der Waals surface area contributed by atoms with Gasteiger partial charge in [-0.1, -0.05) is 0 Å². The van der Waals surface area contributed by atoms with Crippen LogP contribution in [0.25, 0.3) is 0 Å². The van der Waals surface area contributed by atoms with Crippen molar-refractivity contribution in [2.45, 2.75) is 12.1 Å². The minimum atomic E-state index is 0.266. The maximum atomic E-state index is 6.09. The first-order chi connectivity index (χ1) is 8.79. The summed E-state index contributed by atoms with van der Waals surface area (Å²) >= 11 is 0. The van der Waals surface area contributed by atoms with Crippen LogP contribution in [-0.4, -0.2) is 60.6 Å². The van der Waals surface area contributed by atoms with Gasteiger partial charge in [-0.15, -0.1) is 0 Å². The first kappa shape index (κ1) is 11.9. The largest absolute Gasteiger partial charge is 0.398 e. The molecule has 2 unspecified atom stereocenters. The lowest BCUT2D eigenvalue weighted by molar-refractivity contribution is -0.00248. The quantitative estimate of drug-likeness (QED) is 0.783. The van der Waals surface area contributed by atoms with Crippen molar-refractivity contribution in [2.75, 3.05) is 45.5 Å². The SMILES string of the molecule is CNC(c1cnccc1N)C1CN2CCN1CC2. The Morgan fingerprint density at radius 2 is 2.17 bits per heavy atom. The minimum absolute atomic E-state index is 0.266. The van der Waals surface area contributed by atoms with Gasteiger partial charge in [0.25, 0.3) is 0 Å². The van der Waals surface area contributed by atoms with Crippen molar-refractivity contribution >= 4 is 5.69 Å². The number of likely N-dealkylation sites (N-methyl/N-ethyl adjacent to an activating group) is 1. The molecule has 0 saturated carbocycles. The van der Waals surface area contributed by atoms with Gasteiger partial charge in [0.2, 0.25) is 0 Å². The maximum Gasteiger partial charge on any atom is 0.0524 e. The van der Waals surface area contributed by atoms with E-state index in [1.54, 1.807) is 6.20 Å². The average Bonchev–Trinajstić information content (AvgIpc) is 2.43. The fourth-order valence-electron chi connectivity index (χ4n) is 3.21. The van der Waals surface area contributed by atoms with Gasteiger partial charge in [-0.25, -0.2) is 0 Å². The van der Waals surface area contributed by atoms with Crippen LogP contribution < -0.4 is 11.1 Å². The van der Waals surface area contributed by atoms with Crippen LogP contribution in [0.15, 0.2) is 18.5 Å². The molecule has 4 heterocycles. The number of nitrogens with zero attached hydrogens (tertiary/aromatic N) is 3. The second-order valence-corrected chi connectivity index (χ2v) is 5.17. The maximum absolute atomic E-state index is 6.09. The molecule has 3 aliphatic rings. The van der Waals surface area contributed by atoms with E-state index in [-0.39, 0.29) is 6.04 Å². The Labute approximate surface area is 108 Å². The monoisotopic (exact) mass is 247 g/mol. The van der Waals surface area contributed by atoms with Gasteiger partial charge < -0.3 is 11.1 Å². The van der Waals surface area contributed by atoms with Gasteiger partial charge in [-0.05, 0) is 13.1 Å². The van der Waals surface area contributed by atoms with Gasteiger partial charge in [0.1, 0.15) is 0 Å². The number of pyridine rings is 1. The number of piperazine rings is 3. The molecule has 18 heavy (non-hydrogen) atoms. The summed E-state index contributed by atoms with van der Waals surface area (Å²) in [4.78, 5) is 9.34. The number of fused-ring (bicyclic) bond motifs is 3. The second kappa shape index (κ2) is 4.84. The molecule has 98 valence electrons. The number of nitrogens with two attached hydrogens (primary N) is 1. The highest BCUT2D eigenvalue weighted by Gasteiger charge is 2.37. The van der Waals surface area contributed by atoms with Crippen LogP contribution in [0.5, 0.6) is 0 Å². The zero-order valence-corrected chi connectivity index (χ0v) is 10.8. The number of anilines is 1. The van der Waals surface area contributed by atoms with Crippen molar-refractivity contribution in [3.63, 3.8) is 0 Å². The topological polar surface area (TPSA) is 57.4 Å². The lowest BCUT2D eigenvalue weighted by Gasteiger charge is -2.50. The van der Waals surface area contributed by atoms with Crippen LogP contribution >= 0.6 is 0 Å². The summed E-state index contributed by atoms with van der Waals surface area (Å²) in [6.45, 7) is 5.87. The Bertz CT molecular complexity index is 414. The normalized spacial score (nSPS) is 32.4. The smallest absolute Gasteiger partial charge is 0.0524 e.